The number of ether oxygens (including phenoxy) is 1. The van der Waals surface area contributed by atoms with Gasteiger partial charge in [-0.1, -0.05) is 0 Å². The molecule has 1 aliphatic rings. The quantitative estimate of drug-likeness (QED) is 0.568. The molecule has 3 amide bonds. The third kappa shape index (κ3) is 4.74. The SMILES string of the molecule is CCOC(=O)N1CCN(C(=O)C(C)n2cc(NC(=O)c3[nH]ncc3I)c(C)n2)CC1. The minimum atomic E-state index is -0.546. The molecule has 12 heteroatoms. The zero-order valence-corrected chi connectivity index (χ0v) is 19.2. The van der Waals surface area contributed by atoms with Gasteiger partial charge in [0.15, 0.2) is 0 Å². The highest BCUT2D eigenvalue weighted by Gasteiger charge is 2.29. The maximum absolute atomic E-state index is 12.9. The Labute approximate surface area is 187 Å². The minimum absolute atomic E-state index is 0.0954. The van der Waals surface area contributed by atoms with Gasteiger partial charge < -0.3 is 19.9 Å². The smallest absolute Gasteiger partial charge is 0.409 e. The minimum Gasteiger partial charge on any atom is -0.450 e. The number of aromatic amines is 1. The molecule has 2 aromatic heterocycles. The number of amides is 3. The molecule has 1 unspecified atom stereocenters. The number of rotatable bonds is 5. The first-order valence-electron chi connectivity index (χ1n) is 9.58. The molecule has 1 atom stereocenters. The molecule has 1 aliphatic heterocycles. The number of hydrogen-bond acceptors (Lipinski definition) is 6. The molecule has 162 valence electrons. The number of nitrogens with one attached hydrogen (secondary N) is 2. The Kier molecular flexibility index (Phi) is 6.95. The highest BCUT2D eigenvalue weighted by Crippen LogP contribution is 2.20. The number of aryl methyl sites for hydroxylation is 1. The van der Waals surface area contributed by atoms with Crippen LogP contribution < -0.4 is 5.32 Å². The highest BCUT2D eigenvalue weighted by atomic mass is 127. The number of H-pyrrole nitrogens is 1. The van der Waals surface area contributed by atoms with Crippen molar-refractivity contribution in [2.24, 2.45) is 0 Å². The fourth-order valence-electron chi connectivity index (χ4n) is 3.12. The maximum atomic E-state index is 12.9. The Balaban J connectivity index is 1.62. The molecule has 1 fully saturated rings. The average molecular weight is 529 g/mol. The van der Waals surface area contributed by atoms with Crippen LogP contribution in [0.3, 0.4) is 0 Å². The molecule has 11 nitrogen and oxygen atoms in total. The monoisotopic (exact) mass is 529 g/mol. The predicted molar refractivity (Wildman–Crippen MR) is 116 cm³/mol. The van der Waals surface area contributed by atoms with E-state index >= 15 is 0 Å². The van der Waals surface area contributed by atoms with Crippen molar-refractivity contribution in [3.63, 3.8) is 0 Å². The highest BCUT2D eigenvalue weighted by molar-refractivity contribution is 14.1. The number of anilines is 1. The lowest BCUT2D eigenvalue weighted by Gasteiger charge is -2.35. The predicted octanol–water partition coefficient (Wildman–Crippen LogP) is 1.63. The summed E-state index contributed by atoms with van der Waals surface area (Å²) in [6.45, 7) is 7.34. The van der Waals surface area contributed by atoms with Gasteiger partial charge in [-0.15, -0.1) is 0 Å². The van der Waals surface area contributed by atoms with Crippen LogP contribution in [-0.4, -0.2) is 80.5 Å². The molecule has 0 aromatic carbocycles. The standard InChI is InChI=1S/C18H24IN7O4/c1-4-30-18(29)25-7-5-24(6-8-25)17(28)12(3)26-10-14(11(2)23-26)21-16(27)15-13(19)9-20-22-15/h9-10,12H,4-8H2,1-3H3,(H,20,22)(H,21,27). The van der Waals surface area contributed by atoms with Crippen LogP contribution in [0, 0.1) is 10.5 Å². The zero-order valence-electron chi connectivity index (χ0n) is 17.0. The summed E-state index contributed by atoms with van der Waals surface area (Å²) in [5.41, 5.74) is 1.49. The summed E-state index contributed by atoms with van der Waals surface area (Å²) < 4.78 is 7.26. The van der Waals surface area contributed by atoms with E-state index in [0.29, 0.717) is 53.4 Å². The van der Waals surface area contributed by atoms with Crippen molar-refractivity contribution < 1.29 is 19.1 Å². The summed E-state index contributed by atoms with van der Waals surface area (Å²) >= 11 is 2.02. The van der Waals surface area contributed by atoms with E-state index in [2.05, 4.69) is 20.6 Å². The van der Waals surface area contributed by atoms with Crippen LogP contribution in [0.15, 0.2) is 12.4 Å². The van der Waals surface area contributed by atoms with Crippen LogP contribution in [0.4, 0.5) is 10.5 Å². The summed E-state index contributed by atoms with van der Waals surface area (Å²) in [5.74, 6) is -0.421. The summed E-state index contributed by atoms with van der Waals surface area (Å²) in [4.78, 5) is 40.4. The van der Waals surface area contributed by atoms with E-state index in [-0.39, 0.29) is 17.9 Å². The number of nitrogens with zero attached hydrogens (tertiary/aromatic N) is 5. The molecule has 3 rings (SSSR count). The molecule has 30 heavy (non-hydrogen) atoms. The van der Waals surface area contributed by atoms with E-state index in [1.54, 1.807) is 47.6 Å². The fraction of sp³-hybridized carbons (Fsp3) is 0.500. The second kappa shape index (κ2) is 9.45. The van der Waals surface area contributed by atoms with Crippen molar-refractivity contribution >= 4 is 46.2 Å². The Bertz CT molecular complexity index is 933. The van der Waals surface area contributed by atoms with Gasteiger partial charge in [-0.3, -0.25) is 19.4 Å². The zero-order chi connectivity index (χ0) is 21.8. The van der Waals surface area contributed by atoms with Crippen LogP contribution in [-0.2, 0) is 9.53 Å². The molecule has 3 heterocycles. The van der Waals surface area contributed by atoms with Gasteiger partial charge in [0, 0.05) is 32.4 Å². The molecule has 0 spiro atoms. The fourth-order valence-corrected chi connectivity index (χ4v) is 3.62. The van der Waals surface area contributed by atoms with Gasteiger partial charge >= 0.3 is 6.09 Å². The van der Waals surface area contributed by atoms with Crippen molar-refractivity contribution in [1.82, 2.24) is 29.8 Å². The van der Waals surface area contributed by atoms with Crippen molar-refractivity contribution in [1.29, 1.82) is 0 Å². The van der Waals surface area contributed by atoms with Crippen LogP contribution in [0.1, 0.15) is 36.1 Å². The number of piperazine rings is 1. The molecule has 0 aliphatic carbocycles. The van der Waals surface area contributed by atoms with E-state index in [1.807, 2.05) is 22.6 Å². The number of hydrogen-bond donors (Lipinski definition) is 2. The lowest BCUT2D eigenvalue weighted by molar-refractivity contribution is -0.136. The Hall–Kier alpha value is -2.64. The van der Waals surface area contributed by atoms with E-state index in [9.17, 15) is 14.4 Å². The topological polar surface area (TPSA) is 125 Å². The molecule has 2 N–H and O–H groups in total. The Morgan fingerprint density at radius 2 is 1.93 bits per heavy atom. The van der Waals surface area contributed by atoms with Crippen molar-refractivity contribution in [3.8, 4) is 0 Å². The van der Waals surface area contributed by atoms with Gasteiger partial charge in [-0.25, -0.2) is 4.79 Å². The number of carbonyl (C=O) groups is 3. The average Bonchev–Trinajstić information content (AvgIpc) is 3.32. The number of aromatic nitrogens is 4. The third-order valence-corrected chi connectivity index (χ3v) is 5.67. The van der Waals surface area contributed by atoms with Crippen LogP contribution in [0.2, 0.25) is 0 Å². The first kappa shape index (κ1) is 22.1. The maximum Gasteiger partial charge on any atom is 0.409 e. The number of carbonyl (C=O) groups excluding carboxylic acids is 3. The van der Waals surface area contributed by atoms with Crippen molar-refractivity contribution in [2.75, 3.05) is 38.1 Å². The van der Waals surface area contributed by atoms with Crippen molar-refractivity contribution in [3.05, 3.63) is 27.4 Å². The molecule has 0 radical (unpaired) electrons. The number of halogens is 1. The van der Waals surface area contributed by atoms with E-state index in [0.717, 1.165) is 0 Å². The molecule has 0 saturated carbocycles. The summed E-state index contributed by atoms with van der Waals surface area (Å²) in [5, 5.41) is 13.7. The third-order valence-electron chi connectivity index (χ3n) is 4.86. The molecule has 0 bridgehead atoms. The van der Waals surface area contributed by atoms with Crippen LogP contribution in [0.5, 0.6) is 0 Å². The summed E-state index contributed by atoms with van der Waals surface area (Å²) in [6.07, 6.45) is 2.86. The van der Waals surface area contributed by atoms with Crippen LogP contribution >= 0.6 is 22.6 Å². The molecule has 1 saturated heterocycles. The largest absolute Gasteiger partial charge is 0.450 e. The lowest BCUT2D eigenvalue weighted by atomic mass is 10.2. The normalized spacial score (nSPS) is 15.1. The lowest BCUT2D eigenvalue weighted by Crippen LogP contribution is -2.52. The molecular weight excluding hydrogens is 505 g/mol. The Morgan fingerprint density at radius 3 is 2.53 bits per heavy atom. The molecule has 2 aromatic rings. The van der Waals surface area contributed by atoms with Gasteiger partial charge in [-0.05, 0) is 43.4 Å². The van der Waals surface area contributed by atoms with Gasteiger partial charge in [-0.2, -0.15) is 10.2 Å². The van der Waals surface area contributed by atoms with Gasteiger partial charge in [0.25, 0.3) is 5.91 Å². The van der Waals surface area contributed by atoms with Crippen LogP contribution in [0.25, 0.3) is 0 Å². The van der Waals surface area contributed by atoms with Crippen molar-refractivity contribution in [2.45, 2.75) is 26.8 Å². The van der Waals surface area contributed by atoms with E-state index < -0.39 is 6.04 Å². The van der Waals surface area contributed by atoms with Gasteiger partial charge in [0.05, 0.1) is 27.8 Å². The summed E-state index contributed by atoms with van der Waals surface area (Å²) in [7, 11) is 0. The van der Waals surface area contributed by atoms with Gasteiger partial charge in [0.1, 0.15) is 11.7 Å². The Morgan fingerprint density at radius 1 is 1.27 bits per heavy atom. The molecular formula is C18H24IN7O4. The van der Waals surface area contributed by atoms with Gasteiger partial charge in [0.2, 0.25) is 5.91 Å². The summed E-state index contributed by atoms with van der Waals surface area (Å²) in [6, 6.07) is -0.546. The van der Waals surface area contributed by atoms with E-state index in [1.165, 1.54) is 0 Å². The van der Waals surface area contributed by atoms with E-state index in [4.69, 9.17) is 4.74 Å². The first-order valence-corrected chi connectivity index (χ1v) is 10.7. The second-order valence-electron chi connectivity index (χ2n) is 6.84. The second-order valence-corrected chi connectivity index (χ2v) is 8.00. The first-order chi connectivity index (χ1) is 14.3.